The van der Waals surface area contributed by atoms with E-state index in [0.29, 0.717) is 18.8 Å². The Balaban J connectivity index is 1.58. The average Bonchev–Trinajstić information content (AvgIpc) is 3.20. The van der Waals surface area contributed by atoms with Crippen LogP contribution in [0.15, 0.2) is 53.6 Å². The summed E-state index contributed by atoms with van der Waals surface area (Å²) in [5, 5.41) is 14.9. The highest BCUT2D eigenvalue weighted by molar-refractivity contribution is 5.86. The summed E-state index contributed by atoms with van der Waals surface area (Å²) < 4.78 is 5.51. The molecule has 0 bridgehead atoms. The lowest BCUT2D eigenvalue weighted by Gasteiger charge is -2.09. The summed E-state index contributed by atoms with van der Waals surface area (Å²) in [7, 11) is 0. The Labute approximate surface area is 161 Å². The number of benzene rings is 2. The zero-order chi connectivity index (χ0) is 19.9. The molecule has 3 N–H and O–H groups in total. The number of carbonyl (C=O) groups is 1. The van der Waals surface area contributed by atoms with Crippen LogP contribution >= 0.6 is 0 Å². The van der Waals surface area contributed by atoms with Crippen LogP contribution in [0.2, 0.25) is 0 Å². The Morgan fingerprint density at radius 1 is 1.32 bits per heavy atom. The number of nitro benzene ring substituents is 1. The van der Waals surface area contributed by atoms with Crippen molar-refractivity contribution in [1.82, 2.24) is 16.3 Å². The Kier molecular flexibility index (Phi) is 6.30. The second-order valence-electron chi connectivity index (χ2n) is 6.19. The first-order valence-electron chi connectivity index (χ1n) is 8.88. The fourth-order valence-corrected chi connectivity index (χ4v) is 2.92. The summed E-state index contributed by atoms with van der Waals surface area (Å²) in [6.45, 7) is 2.43. The lowest BCUT2D eigenvalue weighted by Crippen LogP contribution is -2.41. The number of rotatable bonds is 7. The van der Waals surface area contributed by atoms with Crippen molar-refractivity contribution in [1.29, 1.82) is 0 Å². The minimum atomic E-state index is -0.511. The van der Waals surface area contributed by atoms with Crippen LogP contribution in [-0.2, 0) is 4.79 Å². The van der Waals surface area contributed by atoms with Crippen molar-refractivity contribution in [3.05, 3.63) is 69.8 Å². The smallest absolute Gasteiger partial charge is 0.269 e. The van der Waals surface area contributed by atoms with Gasteiger partial charge in [-0.15, -0.1) is 0 Å². The van der Waals surface area contributed by atoms with E-state index in [4.69, 9.17) is 4.74 Å². The van der Waals surface area contributed by atoms with E-state index >= 15 is 0 Å². The molecule has 3 rings (SSSR count). The number of amides is 1. The molecule has 0 aromatic heterocycles. The van der Waals surface area contributed by atoms with Crippen LogP contribution in [0.25, 0.3) is 0 Å². The Morgan fingerprint density at radius 3 is 2.93 bits per heavy atom. The van der Waals surface area contributed by atoms with Crippen LogP contribution < -0.4 is 21.0 Å². The van der Waals surface area contributed by atoms with Crippen molar-refractivity contribution >= 4 is 17.8 Å². The minimum absolute atomic E-state index is 0.0183. The topological polar surface area (TPSA) is 118 Å². The normalized spacial score (nSPS) is 18.9. The van der Waals surface area contributed by atoms with Gasteiger partial charge >= 0.3 is 0 Å². The fourth-order valence-electron chi connectivity index (χ4n) is 2.92. The summed E-state index contributed by atoms with van der Waals surface area (Å²) in [5.74, 6) is 0.389. The van der Waals surface area contributed by atoms with Gasteiger partial charge in [0.15, 0.2) is 0 Å². The van der Waals surface area contributed by atoms with Crippen LogP contribution in [0, 0.1) is 10.1 Å². The van der Waals surface area contributed by atoms with Gasteiger partial charge in [-0.25, -0.2) is 16.3 Å². The number of hydrazine groups is 1. The minimum Gasteiger partial charge on any atom is -0.493 e. The van der Waals surface area contributed by atoms with Crippen molar-refractivity contribution in [2.75, 3.05) is 6.61 Å². The highest BCUT2D eigenvalue weighted by Crippen LogP contribution is 2.25. The number of hydrogen-bond acceptors (Lipinski definition) is 7. The number of hydrazone groups is 1. The lowest BCUT2D eigenvalue weighted by atomic mass is 10.0. The van der Waals surface area contributed by atoms with E-state index in [1.165, 1.54) is 18.3 Å². The molecule has 0 radical (unpaired) electrons. The average molecular weight is 383 g/mol. The van der Waals surface area contributed by atoms with Crippen molar-refractivity contribution in [2.24, 2.45) is 5.10 Å². The Morgan fingerprint density at radius 2 is 2.14 bits per heavy atom. The van der Waals surface area contributed by atoms with Gasteiger partial charge in [0.2, 0.25) is 0 Å². The molecule has 9 heteroatoms. The van der Waals surface area contributed by atoms with Gasteiger partial charge in [0.25, 0.3) is 11.6 Å². The molecule has 2 aromatic rings. The molecule has 1 amide bonds. The summed E-state index contributed by atoms with van der Waals surface area (Å²) in [5.41, 5.74) is 9.93. The number of nitrogens with zero attached hydrogens (tertiary/aromatic N) is 2. The third-order valence-electron chi connectivity index (χ3n) is 4.30. The largest absolute Gasteiger partial charge is 0.493 e. The Hall–Kier alpha value is -3.30. The SMILES string of the molecule is CCOc1ccccc1/C=N/NC(=O)C1CC(c2cccc([N+](=O)[O-])c2)NN1. The number of ether oxygens (including phenoxy) is 1. The molecule has 146 valence electrons. The quantitative estimate of drug-likeness (QED) is 0.383. The van der Waals surface area contributed by atoms with Crippen LogP contribution in [0.1, 0.15) is 30.5 Å². The number of nitrogens with one attached hydrogen (secondary N) is 3. The van der Waals surface area contributed by atoms with Gasteiger partial charge < -0.3 is 4.74 Å². The molecule has 1 aliphatic rings. The van der Waals surface area contributed by atoms with Crippen LogP contribution in [0.4, 0.5) is 5.69 Å². The molecule has 2 aromatic carbocycles. The second kappa shape index (κ2) is 9.07. The number of non-ortho nitro benzene ring substituents is 1. The summed E-state index contributed by atoms with van der Waals surface area (Å²) in [6.07, 6.45) is 1.97. The Bertz CT molecular complexity index is 886. The molecule has 2 atom stereocenters. The number of nitro groups is 1. The molecule has 28 heavy (non-hydrogen) atoms. The summed E-state index contributed by atoms with van der Waals surface area (Å²) in [4.78, 5) is 22.8. The molecule has 1 aliphatic heterocycles. The fraction of sp³-hybridized carbons (Fsp3) is 0.263. The molecule has 9 nitrogen and oxygen atoms in total. The molecule has 0 aliphatic carbocycles. The molecule has 1 saturated heterocycles. The van der Waals surface area contributed by atoms with Gasteiger partial charge in [-0.05, 0) is 31.0 Å². The van der Waals surface area contributed by atoms with Gasteiger partial charge in [-0.1, -0.05) is 24.3 Å². The van der Waals surface area contributed by atoms with Crippen molar-refractivity contribution < 1.29 is 14.5 Å². The van der Waals surface area contributed by atoms with E-state index in [-0.39, 0.29) is 17.6 Å². The molecule has 0 spiro atoms. The standard InChI is InChI=1S/C19H21N5O4/c1-2-28-18-9-4-3-6-14(18)12-20-23-19(25)17-11-16(21-22-17)13-7-5-8-15(10-13)24(26)27/h3-10,12,16-17,21-22H,2,11H2,1H3,(H,23,25)/b20-12+. The van der Waals surface area contributed by atoms with E-state index in [0.717, 1.165) is 11.1 Å². The first kappa shape index (κ1) is 19.5. The highest BCUT2D eigenvalue weighted by Gasteiger charge is 2.30. The summed E-state index contributed by atoms with van der Waals surface area (Å²) in [6, 6.07) is 13.0. The van der Waals surface area contributed by atoms with E-state index in [2.05, 4.69) is 21.4 Å². The third-order valence-corrected chi connectivity index (χ3v) is 4.30. The van der Waals surface area contributed by atoms with Gasteiger partial charge in [-0.3, -0.25) is 14.9 Å². The van der Waals surface area contributed by atoms with Crippen molar-refractivity contribution in [2.45, 2.75) is 25.4 Å². The maximum Gasteiger partial charge on any atom is 0.269 e. The number of carbonyl (C=O) groups excluding carboxylic acids is 1. The molecular weight excluding hydrogens is 362 g/mol. The van der Waals surface area contributed by atoms with Gasteiger partial charge in [0, 0.05) is 23.7 Å². The van der Waals surface area contributed by atoms with Gasteiger partial charge in [0.1, 0.15) is 11.8 Å². The van der Waals surface area contributed by atoms with Gasteiger partial charge in [-0.2, -0.15) is 5.10 Å². The first-order valence-corrected chi connectivity index (χ1v) is 8.88. The molecule has 0 saturated carbocycles. The van der Waals surface area contributed by atoms with Crippen LogP contribution in [-0.4, -0.2) is 29.7 Å². The van der Waals surface area contributed by atoms with E-state index < -0.39 is 11.0 Å². The number of hydrogen-bond donors (Lipinski definition) is 3. The predicted octanol–water partition coefficient (Wildman–Crippen LogP) is 2.05. The molecule has 1 heterocycles. The maximum absolute atomic E-state index is 12.3. The second-order valence-corrected chi connectivity index (χ2v) is 6.19. The molecular formula is C19H21N5O4. The van der Waals surface area contributed by atoms with E-state index in [9.17, 15) is 14.9 Å². The summed E-state index contributed by atoms with van der Waals surface area (Å²) >= 11 is 0. The highest BCUT2D eigenvalue weighted by atomic mass is 16.6. The van der Waals surface area contributed by atoms with Crippen LogP contribution in [0.5, 0.6) is 5.75 Å². The van der Waals surface area contributed by atoms with Crippen LogP contribution in [0.3, 0.4) is 0 Å². The predicted molar refractivity (Wildman–Crippen MR) is 104 cm³/mol. The van der Waals surface area contributed by atoms with Crippen molar-refractivity contribution in [3.63, 3.8) is 0 Å². The first-order chi connectivity index (χ1) is 13.6. The molecule has 1 fully saturated rings. The third kappa shape index (κ3) is 4.70. The molecule has 2 unspecified atom stereocenters. The lowest BCUT2D eigenvalue weighted by molar-refractivity contribution is -0.384. The van der Waals surface area contributed by atoms with Gasteiger partial charge in [0.05, 0.1) is 17.7 Å². The van der Waals surface area contributed by atoms with E-state index in [1.807, 2.05) is 31.2 Å². The van der Waals surface area contributed by atoms with E-state index in [1.54, 1.807) is 12.1 Å². The van der Waals surface area contributed by atoms with Crippen molar-refractivity contribution in [3.8, 4) is 5.75 Å². The number of para-hydroxylation sites is 1. The zero-order valence-electron chi connectivity index (χ0n) is 15.3. The monoisotopic (exact) mass is 383 g/mol. The maximum atomic E-state index is 12.3. The zero-order valence-corrected chi connectivity index (χ0v) is 15.3.